The minimum Gasteiger partial charge on any atom is -0.507 e. The molecule has 9 heteroatoms. The number of fused-ring (bicyclic) bond motifs is 1. The fourth-order valence-electron chi connectivity index (χ4n) is 3.58. The van der Waals surface area contributed by atoms with Crippen molar-refractivity contribution in [3.8, 4) is 16.9 Å². The van der Waals surface area contributed by atoms with Gasteiger partial charge in [0.25, 0.3) is 0 Å². The molecule has 4 aromatic rings. The summed E-state index contributed by atoms with van der Waals surface area (Å²) in [5.74, 6) is -0.970. The largest absolute Gasteiger partial charge is 0.507 e. The summed E-state index contributed by atoms with van der Waals surface area (Å²) in [5, 5.41) is 22.2. The fraction of sp³-hybridized carbons (Fsp3) is 0.167. The maximum atomic E-state index is 12.7. The van der Waals surface area contributed by atoms with Crippen LogP contribution >= 0.6 is 0 Å². The van der Waals surface area contributed by atoms with E-state index in [9.17, 15) is 23.1 Å². The van der Waals surface area contributed by atoms with E-state index in [1.807, 2.05) is 0 Å². The Hall–Kier alpha value is -4.01. The van der Waals surface area contributed by atoms with Crippen LogP contribution in [0.2, 0.25) is 0 Å². The van der Waals surface area contributed by atoms with E-state index < -0.39 is 18.6 Å². The van der Waals surface area contributed by atoms with Gasteiger partial charge in [0, 0.05) is 42.2 Å². The molecule has 2 heterocycles. The van der Waals surface area contributed by atoms with Gasteiger partial charge in [-0.25, -0.2) is 9.78 Å². The number of aromatic hydroxyl groups is 1. The maximum Gasteiger partial charge on any atom is 0.390 e. The summed E-state index contributed by atoms with van der Waals surface area (Å²) in [6.07, 6.45) is -1.46. The van der Waals surface area contributed by atoms with Crippen molar-refractivity contribution in [1.82, 2.24) is 9.38 Å². The number of aromatic carboxylic acids is 1. The summed E-state index contributed by atoms with van der Waals surface area (Å²) in [7, 11) is 0. The highest BCUT2D eigenvalue weighted by atomic mass is 19.4. The Morgan fingerprint density at radius 2 is 1.82 bits per heavy atom. The minimum absolute atomic E-state index is 0.0454. The number of halogens is 3. The smallest absolute Gasteiger partial charge is 0.390 e. The second-order valence-corrected chi connectivity index (χ2v) is 7.57. The number of alkyl halides is 3. The van der Waals surface area contributed by atoms with Crippen molar-refractivity contribution in [1.29, 1.82) is 0 Å². The van der Waals surface area contributed by atoms with Crippen LogP contribution in [-0.2, 0) is 6.42 Å². The number of phenols is 1. The molecule has 0 fully saturated rings. The van der Waals surface area contributed by atoms with Crippen LogP contribution in [0, 0.1) is 0 Å². The van der Waals surface area contributed by atoms with Crippen LogP contribution in [0.4, 0.5) is 18.9 Å². The highest BCUT2D eigenvalue weighted by Gasteiger charge is 2.26. The Balaban J connectivity index is 1.74. The first-order chi connectivity index (χ1) is 15.7. The summed E-state index contributed by atoms with van der Waals surface area (Å²) in [5.41, 5.74) is 3.78. The molecule has 0 unspecified atom stereocenters. The van der Waals surface area contributed by atoms with Crippen LogP contribution in [0.25, 0.3) is 16.8 Å². The zero-order valence-corrected chi connectivity index (χ0v) is 17.3. The number of pyridine rings is 1. The quantitative estimate of drug-likeness (QED) is 0.349. The summed E-state index contributed by atoms with van der Waals surface area (Å²) in [6, 6.07) is 14.8. The Morgan fingerprint density at radius 1 is 1.09 bits per heavy atom. The molecule has 0 radical (unpaired) electrons. The van der Waals surface area contributed by atoms with Gasteiger partial charge in [0.1, 0.15) is 5.75 Å². The zero-order chi connectivity index (χ0) is 23.6. The van der Waals surface area contributed by atoms with Crippen molar-refractivity contribution < 1.29 is 28.2 Å². The number of carboxylic acid groups (broad SMARTS) is 1. The number of aromatic nitrogens is 2. The van der Waals surface area contributed by atoms with E-state index in [1.54, 1.807) is 53.2 Å². The Morgan fingerprint density at radius 3 is 2.48 bits per heavy atom. The van der Waals surface area contributed by atoms with E-state index in [1.165, 1.54) is 18.2 Å². The van der Waals surface area contributed by atoms with Gasteiger partial charge in [-0.2, -0.15) is 13.2 Å². The lowest BCUT2D eigenvalue weighted by atomic mass is 10.1. The Labute approximate surface area is 187 Å². The second-order valence-electron chi connectivity index (χ2n) is 7.57. The SMILES string of the molecule is O=C(O)c1ccc(Cc2cnc3c(NCCC(F)(F)F)cc(-c4ccccc4O)cn23)cc1. The lowest BCUT2D eigenvalue weighted by molar-refractivity contribution is -0.131. The van der Waals surface area contributed by atoms with Gasteiger partial charge in [0.05, 0.1) is 17.7 Å². The molecule has 0 aliphatic carbocycles. The summed E-state index contributed by atoms with van der Waals surface area (Å²) >= 11 is 0. The molecular formula is C24H20F3N3O3. The number of hydrogen-bond acceptors (Lipinski definition) is 4. The average Bonchev–Trinajstić information content (AvgIpc) is 3.16. The molecule has 0 saturated carbocycles. The monoisotopic (exact) mass is 455 g/mol. The molecule has 6 nitrogen and oxygen atoms in total. The van der Waals surface area contributed by atoms with E-state index in [4.69, 9.17) is 5.11 Å². The summed E-state index contributed by atoms with van der Waals surface area (Å²) in [6.45, 7) is -0.317. The van der Waals surface area contributed by atoms with E-state index in [0.29, 0.717) is 28.9 Å². The molecule has 0 amide bonds. The molecule has 2 aromatic carbocycles. The lowest BCUT2D eigenvalue weighted by Gasteiger charge is -2.14. The molecule has 33 heavy (non-hydrogen) atoms. The van der Waals surface area contributed by atoms with Gasteiger partial charge in [-0.1, -0.05) is 30.3 Å². The van der Waals surface area contributed by atoms with E-state index in [-0.39, 0.29) is 17.9 Å². The third kappa shape index (κ3) is 5.08. The van der Waals surface area contributed by atoms with Crippen LogP contribution < -0.4 is 5.32 Å². The van der Waals surface area contributed by atoms with Crippen LogP contribution in [0.3, 0.4) is 0 Å². The van der Waals surface area contributed by atoms with Gasteiger partial charge in [-0.3, -0.25) is 0 Å². The standard InChI is InChI=1S/C24H20F3N3O3/c25-24(26,27)9-10-28-20-12-17(19-3-1-2-4-21(19)31)14-30-18(13-29-22(20)30)11-15-5-7-16(8-6-15)23(32)33/h1-8,12-14,28,31H,9-11H2,(H,32,33). The van der Waals surface area contributed by atoms with Gasteiger partial charge >= 0.3 is 12.1 Å². The number of nitrogens with zero attached hydrogens (tertiary/aromatic N) is 2. The molecule has 170 valence electrons. The van der Waals surface area contributed by atoms with Crippen molar-refractivity contribution in [2.24, 2.45) is 0 Å². The topological polar surface area (TPSA) is 86.9 Å². The van der Waals surface area contributed by atoms with Crippen LogP contribution in [-0.4, -0.2) is 38.3 Å². The molecule has 4 rings (SSSR count). The van der Waals surface area contributed by atoms with E-state index in [2.05, 4.69) is 10.3 Å². The van der Waals surface area contributed by atoms with Crippen LogP contribution in [0.15, 0.2) is 67.0 Å². The Bertz CT molecular complexity index is 1300. The predicted octanol–water partition coefficient (Wildman–Crippen LogP) is 5.36. The van der Waals surface area contributed by atoms with Crippen molar-refractivity contribution in [2.75, 3.05) is 11.9 Å². The molecule has 0 bridgehead atoms. The van der Waals surface area contributed by atoms with Crippen LogP contribution in [0.5, 0.6) is 5.75 Å². The normalized spacial score (nSPS) is 11.6. The summed E-state index contributed by atoms with van der Waals surface area (Å²) < 4.78 is 39.8. The number of carbonyl (C=O) groups is 1. The highest BCUT2D eigenvalue weighted by Crippen LogP contribution is 2.33. The van der Waals surface area contributed by atoms with Gasteiger partial charge in [-0.15, -0.1) is 0 Å². The predicted molar refractivity (Wildman–Crippen MR) is 118 cm³/mol. The van der Waals surface area contributed by atoms with Crippen molar-refractivity contribution in [2.45, 2.75) is 19.0 Å². The number of imidazole rings is 1. The third-order valence-corrected chi connectivity index (χ3v) is 5.21. The van der Waals surface area contributed by atoms with Gasteiger partial charge < -0.3 is 19.9 Å². The first-order valence-electron chi connectivity index (χ1n) is 10.1. The number of hydrogen-bond donors (Lipinski definition) is 3. The van der Waals surface area contributed by atoms with Gasteiger partial charge in [0.15, 0.2) is 5.65 Å². The van der Waals surface area contributed by atoms with E-state index in [0.717, 1.165) is 11.3 Å². The highest BCUT2D eigenvalue weighted by molar-refractivity contribution is 5.87. The summed E-state index contributed by atoms with van der Waals surface area (Å²) in [4.78, 5) is 15.5. The molecule has 0 atom stereocenters. The number of anilines is 1. The number of carboxylic acids is 1. The average molecular weight is 455 g/mol. The number of rotatable bonds is 7. The van der Waals surface area contributed by atoms with Gasteiger partial charge in [-0.05, 0) is 29.8 Å². The van der Waals surface area contributed by atoms with Crippen molar-refractivity contribution in [3.05, 3.63) is 83.8 Å². The molecule has 2 aromatic heterocycles. The molecule has 0 spiro atoms. The van der Waals surface area contributed by atoms with Crippen molar-refractivity contribution in [3.63, 3.8) is 0 Å². The molecule has 0 aliphatic rings. The zero-order valence-electron chi connectivity index (χ0n) is 17.3. The fourth-order valence-corrected chi connectivity index (χ4v) is 3.58. The number of phenolic OH excluding ortho intramolecular Hbond substituents is 1. The first-order valence-corrected chi connectivity index (χ1v) is 10.1. The van der Waals surface area contributed by atoms with Gasteiger partial charge in [0.2, 0.25) is 0 Å². The van der Waals surface area contributed by atoms with Crippen molar-refractivity contribution >= 4 is 17.3 Å². The van der Waals surface area contributed by atoms with Crippen LogP contribution in [0.1, 0.15) is 28.0 Å². The molecule has 0 saturated heterocycles. The third-order valence-electron chi connectivity index (χ3n) is 5.21. The number of benzene rings is 2. The maximum absolute atomic E-state index is 12.7. The Kier molecular flexibility index (Phi) is 5.95. The number of para-hydroxylation sites is 1. The molecular weight excluding hydrogens is 435 g/mol. The molecule has 0 aliphatic heterocycles. The second kappa shape index (κ2) is 8.85. The molecule has 3 N–H and O–H groups in total. The number of nitrogens with one attached hydrogen (secondary N) is 1. The van der Waals surface area contributed by atoms with E-state index >= 15 is 0 Å². The minimum atomic E-state index is -4.29. The lowest BCUT2D eigenvalue weighted by Crippen LogP contribution is -2.15. The first kappa shape index (κ1) is 22.2.